The monoisotopic (exact) mass is 454 g/mol. The smallest absolute Gasteiger partial charge is 0.416 e. The van der Waals surface area contributed by atoms with Crippen molar-refractivity contribution in [3.63, 3.8) is 0 Å². The van der Waals surface area contributed by atoms with E-state index in [1.54, 1.807) is 18.2 Å². The number of likely N-dealkylation sites (N-methyl/N-ethyl adjacent to an activating group) is 1. The standard InChI is InChI=1S/C19H13F3N2O4S2/c1-2-23-17(25)16(30-18(23)29)9-11-3-6-13(7-4-11)28-15-8-5-12(19(20,21)22)10-14(15)24(26)27/h3-10H,2H2,1H3/b16-9+. The first kappa shape index (κ1) is 21.8. The number of amides is 1. The first-order valence-electron chi connectivity index (χ1n) is 8.49. The van der Waals surface area contributed by atoms with Crippen LogP contribution in [0.25, 0.3) is 6.08 Å². The van der Waals surface area contributed by atoms with Crippen molar-refractivity contribution < 1.29 is 27.6 Å². The van der Waals surface area contributed by atoms with E-state index >= 15 is 0 Å². The molecule has 6 nitrogen and oxygen atoms in total. The van der Waals surface area contributed by atoms with Crippen LogP contribution in [-0.4, -0.2) is 26.6 Å². The van der Waals surface area contributed by atoms with Crippen molar-refractivity contribution in [1.82, 2.24) is 4.90 Å². The molecule has 2 aromatic carbocycles. The molecule has 1 amide bonds. The molecular formula is C19H13F3N2O4S2. The normalized spacial score (nSPS) is 15.7. The largest absolute Gasteiger partial charge is 0.450 e. The lowest BCUT2D eigenvalue weighted by Crippen LogP contribution is -2.27. The van der Waals surface area contributed by atoms with Crippen molar-refractivity contribution in [3.05, 3.63) is 68.6 Å². The number of alkyl halides is 3. The average Bonchev–Trinajstić information content (AvgIpc) is 2.95. The molecule has 1 aliphatic rings. The highest BCUT2D eigenvalue weighted by Crippen LogP contribution is 2.38. The molecular weight excluding hydrogens is 441 g/mol. The molecule has 1 saturated heterocycles. The Morgan fingerprint density at radius 1 is 1.23 bits per heavy atom. The zero-order valence-corrected chi connectivity index (χ0v) is 16.9. The summed E-state index contributed by atoms with van der Waals surface area (Å²) >= 11 is 6.34. The number of hydrogen-bond acceptors (Lipinski definition) is 6. The van der Waals surface area contributed by atoms with Crippen molar-refractivity contribution in [3.8, 4) is 11.5 Å². The van der Waals surface area contributed by atoms with E-state index in [0.29, 0.717) is 33.5 Å². The van der Waals surface area contributed by atoms with Crippen molar-refractivity contribution >= 4 is 46.0 Å². The van der Waals surface area contributed by atoms with Crippen LogP contribution < -0.4 is 4.74 Å². The Morgan fingerprint density at radius 3 is 2.43 bits per heavy atom. The van der Waals surface area contributed by atoms with E-state index in [4.69, 9.17) is 17.0 Å². The maximum Gasteiger partial charge on any atom is 0.416 e. The summed E-state index contributed by atoms with van der Waals surface area (Å²) in [6.07, 6.45) is -3.05. The number of thioether (sulfide) groups is 1. The Morgan fingerprint density at radius 2 is 1.90 bits per heavy atom. The number of ether oxygens (including phenoxy) is 1. The molecule has 0 aliphatic carbocycles. The number of rotatable bonds is 5. The molecule has 0 saturated carbocycles. The summed E-state index contributed by atoms with van der Waals surface area (Å²) in [5.41, 5.74) is -1.26. The topological polar surface area (TPSA) is 72.7 Å². The van der Waals surface area contributed by atoms with Crippen LogP contribution in [-0.2, 0) is 11.0 Å². The van der Waals surface area contributed by atoms with Crippen molar-refractivity contribution in [2.75, 3.05) is 6.54 Å². The molecule has 0 atom stereocenters. The van der Waals surface area contributed by atoms with Gasteiger partial charge in [-0.3, -0.25) is 19.8 Å². The molecule has 0 spiro atoms. The Labute approximate surface area is 178 Å². The SMILES string of the molecule is CCN1C(=O)/C(=C\c2ccc(Oc3ccc(C(F)(F)F)cc3[N+](=O)[O-])cc2)SC1=S. The van der Waals surface area contributed by atoms with Gasteiger partial charge in [0.15, 0.2) is 0 Å². The Hall–Kier alpha value is -2.92. The minimum Gasteiger partial charge on any atom is -0.450 e. The Kier molecular flexibility index (Phi) is 6.13. The van der Waals surface area contributed by atoms with E-state index < -0.39 is 22.4 Å². The molecule has 0 bridgehead atoms. The van der Waals surface area contributed by atoms with Gasteiger partial charge in [0.05, 0.1) is 15.4 Å². The maximum absolute atomic E-state index is 12.8. The van der Waals surface area contributed by atoms with E-state index in [2.05, 4.69) is 0 Å². The van der Waals surface area contributed by atoms with Gasteiger partial charge in [0, 0.05) is 12.6 Å². The highest BCUT2D eigenvalue weighted by atomic mass is 32.2. The Balaban J connectivity index is 1.81. The van der Waals surface area contributed by atoms with Gasteiger partial charge in [0.25, 0.3) is 5.91 Å². The van der Waals surface area contributed by atoms with E-state index in [1.807, 2.05) is 6.92 Å². The summed E-state index contributed by atoms with van der Waals surface area (Å²) < 4.78 is 44.3. The fourth-order valence-corrected chi connectivity index (χ4v) is 3.99. The van der Waals surface area contributed by atoms with Crippen LogP contribution in [0.5, 0.6) is 11.5 Å². The molecule has 0 N–H and O–H groups in total. The third-order valence-corrected chi connectivity index (χ3v) is 5.46. The number of nitrogens with zero attached hydrogens (tertiary/aromatic N) is 2. The second-order valence-electron chi connectivity index (χ2n) is 6.03. The lowest BCUT2D eigenvalue weighted by atomic mass is 10.1. The number of benzene rings is 2. The number of nitro groups is 1. The van der Waals surface area contributed by atoms with Crippen LogP contribution >= 0.6 is 24.0 Å². The summed E-state index contributed by atoms with van der Waals surface area (Å²) in [6, 6.07) is 8.27. The van der Waals surface area contributed by atoms with Crippen LogP contribution in [0.4, 0.5) is 18.9 Å². The fourth-order valence-electron chi connectivity index (χ4n) is 2.61. The lowest BCUT2D eigenvalue weighted by molar-refractivity contribution is -0.385. The van der Waals surface area contributed by atoms with Crippen LogP contribution in [0.2, 0.25) is 0 Å². The maximum atomic E-state index is 12.8. The minimum atomic E-state index is -4.70. The second-order valence-corrected chi connectivity index (χ2v) is 7.71. The molecule has 1 heterocycles. The van der Waals surface area contributed by atoms with Crippen LogP contribution in [0.3, 0.4) is 0 Å². The predicted octanol–water partition coefficient (Wildman–Crippen LogP) is 5.63. The molecule has 156 valence electrons. The number of nitro benzene ring substituents is 1. The second kappa shape index (κ2) is 8.44. The van der Waals surface area contributed by atoms with E-state index in [0.717, 1.165) is 6.07 Å². The number of hydrogen-bond donors (Lipinski definition) is 0. The first-order chi connectivity index (χ1) is 14.1. The molecule has 30 heavy (non-hydrogen) atoms. The third kappa shape index (κ3) is 4.62. The molecule has 1 fully saturated rings. The number of thiocarbonyl (C=S) groups is 1. The first-order valence-corrected chi connectivity index (χ1v) is 9.71. The molecule has 11 heteroatoms. The molecule has 3 rings (SSSR count). The molecule has 2 aromatic rings. The highest BCUT2D eigenvalue weighted by molar-refractivity contribution is 8.26. The molecule has 0 unspecified atom stereocenters. The third-order valence-electron chi connectivity index (χ3n) is 4.08. The van der Waals surface area contributed by atoms with E-state index in [-0.39, 0.29) is 17.4 Å². The van der Waals surface area contributed by atoms with Gasteiger partial charge in [0.1, 0.15) is 10.1 Å². The summed E-state index contributed by atoms with van der Waals surface area (Å²) in [5.74, 6) is -0.311. The fraction of sp³-hybridized carbons (Fsp3) is 0.158. The average molecular weight is 454 g/mol. The lowest BCUT2D eigenvalue weighted by Gasteiger charge is -2.10. The van der Waals surface area contributed by atoms with Crippen molar-refractivity contribution in [2.24, 2.45) is 0 Å². The van der Waals surface area contributed by atoms with Crippen molar-refractivity contribution in [2.45, 2.75) is 13.1 Å². The van der Waals surface area contributed by atoms with Gasteiger partial charge in [-0.15, -0.1) is 0 Å². The number of carbonyl (C=O) groups is 1. The number of halogens is 3. The molecule has 1 aliphatic heterocycles. The van der Waals surface area contributed by atoms with Gasteiger partial charge >= 0.3 is 11.9 Å². The predicted molar refractivity (Wildman–Crippen MR) is 110 cm³/mol. The van der Waals surface area contributed by atoms with Gasteiger partial charge in [-0.25, -0.2) is 0 Å². The van der Waals surface area contributed by atoms with Crippen LogP contribution in [0.15, 0.2) is 47.4 Å². The summed E-state index contributed by atoms with van der Waals surface area (Å²) in [7, 11) is 0. The molecule has 0 aromatic heterocycles. The van der Waals surface area contributed by atoms with E-state index in [1.165, 1.54) is 28.8 Å². The van der Waals surface area contributed by atoms with Crippen LogP contribution in [0.1, 0.15) is 18.1 Å². The van der Waals surface area contributed by atoms with Crippen molar-refractivity contribution in [1.29, 1.82) is 0 Å². The number of carbonyl (C=O) groups excluding carboxylic acids is 1. The van der Waals surface area contributed by atoms with Gasteiger partial charge < -0.3 is 4.74 Å². The molecule has 0 radical (unpaired) electrons. The highest BCUT2D eigenvalue weighted by Gasteiger charge is 2.33. The van der Waals surface area contributed by atoms with Gasteiger partial charge in [0.2, 0.25) is 5.75 Å². The van der Waals surface area contributed by atoms with Crippen LogP contribution in [0, 0.1) is 10.1 Å². The minimum absolute atomic E-state index is 0.187. The summed E-state index contributed by atoms with van der Waals surface area (Å²) in [5, 5.41) is 11.1. The Bertz CT molecular complexity index is 1050. The quantitative estimate of drug-likeness (QED) is 0.252. The zero-order valence-electron chi connectivity index (χ0n) is 15.3. The zero-order chi connectivity index (χ0) is 22.1. The van der Waals surface area contributed by atoms with Gasteiger partial charge in [-0.2, -0.15) is 13.2 Å². The summed E-state index contributed by atoms with van der Waals surface area (Å²) in [4.78, 5) is 24.4. The van der Waals surface area contributed by atoms with Gasteiger partial charge in [-0.1, -0.05) is 36.1 Å². The van der Waals surface area contributed by atoms with Gasteiger partial charge in [-0.05, 0) is 42.8 Å². The van der Waals surface area contributed by atoms with E-state index in [9.17, 15) is 28.1 Å². The summed E-state index contributed by atoms with van der Waals surface area (Å²) in [6.45, 7) is 2.29.